The molecule has 2 heterocycles. The molecule has 0 radical (unpaired) electrons. The lowest BCUT2D eigenvalue weighted by Crippen LogP contribution is -2.38. The quantitative estimate of drug-likeness (QED) is 0.861. The molecule has 5 heteroatoms. The summed E-state index contributed by atoms with van der Waals surface area (Å²) in [6.07, 6.45) is 2.85. The van der Waals surface area contributed by atoms with Gasteiger partial charge >= 0.3 is 0 Å². The summed E-state index contributed by atoms with van der Waals surface area (Å²) in [6.45, 7) is 2.11. The highest BCUT2D eigenvalue weighted by Crippen LogP contribution is 2.29. The summed E-state index contributed by atoms with van der Waals surface area (Å²) < 4.78 is 10.8. The molecule has 2 aliphatic rings. The summed E-state index contributed by atoms with van der Waals surface area (Å²) in [4.78, 5) is 12.2. The fraction of sp³-hybridized carbons (Fsp3) is 0.400. The summed E-state index contributed by atoms with van der Waals surface area (Å²) >= 11 is 0. The predicted octanol–water partition coefficient (Wildman–Crippen LogP) is 0.949. The number of carbonyl (C=O) groups excluding carboxylic acids is 1. The van der Waals surface area contributed by atoms with E-state index in [1.807, 2.05) is 24.3 Å². The van der Waals surface area contributed by atoms with Crippen molar-refractivity contribution in [3.8, 4) is 11.5 Å². The fourth-order valence-electron chi connectivity index (χ4n) is 2.47. The van der Waals surface area contributed by atoms with Crippen molar-refractivity contribution in [1.82, 2.24) is 10.6 Å². The topological polar surface area (TPSA) is 59.6 Å². The largest absolute Gasteiger partial charge is 0.497 e. The van der Waals surface area contributed by atoms with Gasteiger partial charge in [0.2, 0.25) is 0 Å². The van der Waals surface area contributed by atoms with Crippen molar-refractivity contribution in [2.45, 2.75) is 12.5 Å². The molecule has 1 atom stereocenters. The summed E-state index contributed by atoms with van der Waals surface area (Å²) in [5.74, 6) is 1.49. The average Bonchev–Trinajstić information content (AvgIpc) is 2.99. The van der Waals surface area contributed by atoms with Crippen LogP contribution in [-0.2, 0) is 4.79 Å². The van der Waals surface area contributed by atoms with Gasteiger partial charge in [0.05, 0.1) is 12.7 Å². The second-order valence-corrected chi connectivity index (χ2v) is 5.03. The molecule has 1 aromatic carbocycles. The van der Waals surface area contributed by atoms with Crippen LogP contribution in [-0.4, -0.2) is 38.8 Å². The Morgan fingerprint density at radius 3 is 3.15 bits per heavy atom. The lowest BCUT2D eigenvalue weighted by atomic mass is 10.1. The molecule has 1 amide bonds. The lowest BCUT2D eigenvalue weighted by Gasteiger charge is -2.19. The van der Waals surface area contributed by atoms with Gasteiger partial charge in [0.1, 0.15) is 18.1 Å². The molecule has 20 heavy (non-hydrogen) atoms. The molecule has 1 saturated heterocycles. The van der Waals surface area contributed by atoms with E-state index in [1.165, 1.54) is 0 Å². The van der Waals surface area contributed by atoms with E-state index in [9.17, 15) is 4.79 Å². The Hall–Kier alpha value is -2.01. The third-order valence-corrected chi connectivity index (χ3v) is 3.62. The molecule has 3 rings (SSSR count). The van der Waals surface area contributed by atoms with Crippen molar-refractivity contribution < 1.29 is 14.3 Å². The van der Waals surface area contributed by atoms with Gasteiger partial charge in [-0.25, -0.2) is 0 Å². The SMILES string of the molecule is COc1ccc2c(c1)C=C(C(=O)NC1CCNC1)CO2. The Morgan fingerprint density at radius 2 is 2.40 bits per heavy atom. The number of hydrogen-bond donors (Lipinski definition) is 2. The number of methoxy groups -OCH3 is 1. The minimum absolute atomic E-state index is 0.0489. The van der Waals surface area contributed by atoms with Crippen molar-refractivity contribution in [1.29, 1.82) is 0 Å². The average molecular weight is 274 g/mol. The zero-order chi connectivity index (χ0) is 13.9. The first-order valence-electron chi connectivity index (χ1n) is 6.79. The number of fused-ring (bicyclic) bond motifs is 1. The second kappa shape index (κ2) is 5.54. The van der Waals surface area contributed by atoms with Crippen LogP contribution in [0.1, 0.15) is 12.0 Å². The van der Waals surface area contributed by atoms with Gasteiger partial charge in [0.15, 0.2) is 0 Å². The number of amides is 1. The van der Waals surface area contributed by atoms with Crippen LogP contribution in [0.4, 0.5) is 0 Å². The molecule has 0 aliphatic carbocycles. The Balaban J connectivity index is 1.76. The molecule has 0 bridgehead atoms. The van der Waals surface area contributed by atoms with Gasteiger partial charge in [-0.2, -0.15) is 0 Å². The number of carbonyl (C=O) groups is 1. The number of hydrogen-bond acceptors (Lipinski definition) is 4. The fourth-order valence-corrected chi connectivity index (χ4v) is 2.47. The molecule has 1 aromatic rings. The number of nitrogens with one attached hydrogen (secondary N) is 2. The predicted molar refractivity (Wildman–Crippen MR) is 75.9 cm³/mol. The van der Waals surface area contributed by atoms with Crippen LogP contribution in [0, 0.1) is 0 Å². The number of ether oxygens (including phenoxy) is 2. The molecule has 0 aromatic heterocycles. The summed E-state index contributed by atoms with van der Waals surface area (Å²) in [5.41, 5.74) is 1.53. The van der Waals surface area contributed by atoms with Crippen LogP contribution in [0.2, 0.25) is 0 Å². The van der Waals surface area contributed by atoms with Crippen LogP contribution >= 0.6 is 0 Å². The lowest BCUT2D eigenvalue weighted by molar-refractivity contribution is -0.118. The van der Waals surface area contributed by atoms with Crippen LogP contribution < -0.4 is 20.1 Å². The molecule has 5 nitrogen and oxygen atoms in total. The second-order valence-electron chi connectivity index (χ2n) is 5.03. The molecule has 1 unspecified atom stereocenters. The zero-order valence-corrected chi connectivity index (χ0v) is 11.4. The van der Waals surface area contributed by atoms with E-state index >= 15 is 0 Å². The molecular formula is C15H18N2O3. The molecule has 0 saturated carbocycles. The molecule has 1 fully saturated rings. The van der Waals surface area contributed by atoms with E-state index in [-0.39, 0.29) is 11.9 Å². The highest BCUT2D eigenvalue weighted by molar-refractivity contribution is 5.99. The van der Waals surface area contributed by atoms with Gasteiger partial charge in [0.25, 0.3) is 5.91 Å². The van der Waals surface area contributed by atoms with Crippen LogP contribution in [0.25, 0.3) is 6.08 Å². The Bertz CT molecular complexity index is 548. The molecular weight excluding hydrogens is 256 g/mol. The third-order valence-electron chi connectivity index (χ3n) is 3.62. The van der Waals surface area contributed by atoms with E-state index in [1.54, 1.807) is 7.11 Å². The minimum Gasteiger partial charge on any atom is -0.497 e. The Morgan fingerprint density at radius 1 is 1.50 bits per heavy atom. The van der Waals surface area contributed by atoms with Gasteiger partial charge in [-0.15, -0.1) is 0 Å². The van der Waals surface area contributed by atoms with Crippen molar-refractivity contribution in [2.75, 3.05) is 26.8 Å². The minimum atomic E-state index is -0.0489. The van der Waals surface area contributed by atoms with E-state index in [0.29, 0.717) is 12.2 Å². The third kappa shape index (κ3) is 2.63. The summed E-state index contributed by atoms with van der Waals surface area (Å²) in [6, 6.07) is 5.80. The summed E-state index contributed by atoms with van der Waals surface area (Å²) in [5, 5.41) is 6.26. The van der Waals surface area contributed by atoms with E-state index < -0.39 is 0 Å². The van der Waals surface area contributed by atoms with Gasteiger partial charge in [-0.05, 0) is 37.2 Å². The maximum Gasteiger partial charge on any atom is 0.250 e. The van der Waals surface area contributed by atoms with Crippen LogP contribution in [0.3, 0.4) is 0 Å². The Kier molecular flexibility index (Phi) is 3.60. The van der Waals surface area contributed by atoms with Crippen molar-refractivity contribution in [2.24, 2.45) is 0 Å². The van der Waals surface area contributed by atoms with E-state index in [4.69, 9.17) is 9.47 Å². The normalized spacial score (nSPS) is 20.6. The van der Waals surface area contributed by atoms with Gasteiger partial charge in [0, 0.05) is 18.2 Å². The number of benzene rings is 1. The smallest absolute Gasteiger partial charge is 0.250 e. The van der Waals surface area contributed by atoms with E-state index in [0.717, 1.165) is 36.6 Å². The van der Waals surface area contributed by atoms with Crippen LogP contribution in [0.15, 0.2) is 23.8 Å². The Labute approximate surface area is 118 Å². The molecule has 2 aliphatic heterocycles. The van der Waals surface area contributed by atoms with Gasteiger partial charge in [-0.1, -0.05) is 0 Å². The molecule has 2 N–H and O–H groups in total. The van der Waals surface area contributed by atoms with Gasteiger partial charge < -0.3 is 20.1 Å². The van der Waals surface area contributed by atoms with Crippen molar-refractivity contribution in [3.63, 3.8) is 0 Å². The maximum absolute atomic E-state index is 12.2. The van der Waals surface area contributed by atoms with Crippen LogP contribution in [0.5, 0.6) is 11.5 Å². The first-order valence-corrected chi connectivity index (χ1v) is 6.79. The molecule has 0 spiro atoms. The monoisotopic (exact) mass is 274 g/mol. The standard InChI is InChI=1S/C15H18N2O3/c1-19-13-2-3-14-10(7-13)6-11(9-20-14)15(18)17-12-4-5-16-8-12/h2-3,6-7,12,16H,4-5,8-9H2,1H3,(H,17,18). The highest BCUT2D eigenvalue weighted by atomic mass is 16.5. The van der Waals surface area contributed by atoms with Gasteiger partial charge in [-0.3, -0.25) is 4.79 Å². The van der Waals surface area contributed by atoms with Crippen molar-refractivity contribution in [3.05, 3.63) is 29.3 Å². The molecule has 106 valence electrons. The van der Waals surface area contributed by atoms with Crippen molar-refractivity contribution >= 4 is 12.0 Å². The first-order chi connectivity index (χ1) is 9.76. The highest BCUT2D eigenvalue weighted by Gasteiger charge is 2.22. The first kappa shape index (κ1) is 13.0. The van der Waals surface area contributed by atoms with E-state index in [2.05, 4.69) is 10.6 Å². The summed E-state index contributed by atoms with van der Waals surface area (Å²) in [7, 11) is 1.62. The number of rotatable bonds is 3. The maximum atomic E-state index is 12.2. The zero-order valence-electron chi connectivity index (χ0n) is 11.4.